The van der Waals surface area contributed by atoms with Crippen LogP contribution in [0.5, 0.6) is 0 Å². The van der Waals surface area contributed by atoms with Crippen LogP contribution in [0, 0.1) is 0 Å². The van der Waals surface area contributed by atoms with E-state index in [-0.39, 0.29) is 69.0 Å². The molecule has 0 saturated carbocycles. The highest BCUT2D eigenvalue weighted by molar-refractivity contribution is 6.16. The molecule has 11 aromatic rings. The molecule has 0 N–H and O–H groups in total. The van der Waals surface area contributed by atoms with Gasteiger partial charge in [0.15, 0.2) is 17.5 Å². The highest BCUT2D eigenvalue weighted by atomic mass is 16.3. The number of aromatic nitrogens is 4. The number of benzene rings is 8. The first-order valence-corrected chi connectivity index (χ1v) is 18.0. The quantitative estimate of drug-likeness (QED) is 0.171. The minimum absolute atomic E-state index is 0.000392. The summed E-state index contributed by atoms with van der Waals surface area (Å²) in [6.07, 6.45) is 0. The van der Waals surface area contributed by atoms with Gasteiger partial charge in [-0.2, -0.15) is 0 Å². The van der Waals surface area contributed by atoms with E-state index in [1.807, 2.05) is 115 Å². The molecule has 5 nitrogen and oxygen atoms in total. The first-order valence-electron chi connectivity index (χ1n) is 23.0. The maximum Gasteiger partial charge on any atom is 0.166 e. The third kappa shape index (κ3) is 5.21. The summed E-state index contributed by atoms with van der Waals surface area (Å²) in [5.74, 6) is 0.958. The average Bonchev–Trinajstić information content (AvgIpc) is 3.91. The Morgan fingerprint density at radius 1 is 0.429 bits per heavy atom. The largest absolute Gasteiger partial charge is 0.455 e. The van der Waals surface area contributed by atoms with Crippen molar-refractivity contribution in [2.24, 2.45) is 0 Å². The summed E-state index contributed by atoms with van der Waals surface area (Å²) in [5, 5.41) is 1.87. The molecule has 0 saturated heterocycles. The van der Waals surface area contributed by atoms with E-state index in [9.17, 15) is 5.48 Å². The van der Waals surface area contributed by atoms with Gasteiger partial charge in [0.05, 0.1) is 30.4 Å². The second-order valence-corrected chi connectivity index (χ2v) is 13.2. The molecule has 0 aliphatic carbocycles. The standard InChI is InChI=1S/C51H32N4O/c1-4-16-33(17-5-1)37-24-15-28-45-47(37)41-23-10-12-27-43(41)55(45)44-31-30-36(38-25-14-26-40-39-22-11-13-29-46(39)56-48(38)40)32-42(44)51-53-49(34-18-6-2-7-19-34)52-50(54-51)35-20-8-3-9-21-35/h1-32H/i1D,4D,5D,10D,16D,17D,23D,24D,27D,28D. The maximum absolute atomic E-state index is 9.53. The Labute approximate surface area is 336 Å². The van der Waals surface area contributed by atoms with E-state index in [2.05, 4.69) is 0 Å². The van der Waals surface area contributed by atoms with Crippen LogP contribution < -0.4 is 0 Å². The van der Waals surface area contributed by atoms with Crippen molar-refractivity contribution in [3.05, 3.63) is 194 Å². The molecule has 5 heteroatoms. The van der Waals surface area contributed by atoms with Gasteiger partial charge in [0.1, 0.15) is 11.2 Å². The summed E-state index contributed by atoms with van der Waals surface area (Å²) in [4.78, 5) is 15.1. The van der Waals surface area contributed by atoms with Crippen LogP contribution >= 0.6 is 0 Å². The Morgan fingerprint density at radius 3 is 1.91 bits per heavy atom. The van der Waals surface area contributed by atoms with Gasteiger partial charge in [0.2, 0.25) is 0 Å². The molecular weight excluding hydrogens is 685 g/mol. The lowest BCUT2D eigenvalue weighted by Crippen LogP contribution is -2.04. The molecule has 3 heterocycles. The smallest absolute Gasteiger partial charge is 0.166 e. The number of furan rings is 1. The van der Waals surface area contributed by atoms with Gasteiger partial charge in [0.25, 0.3) is 0 Å². The molecule has 0 fully saturated rings. The molecular formula is C51H32N4O. The Bertz CT molecular complexity index is 3750. The molecule has 0 unspecified atom stereocenters. The zero-order valence-electron chi connectivity index (χ0n) is 39.4. The van der Waals surface area contributed by atoms with Gasteiger partial charge in [-0.05, 0) is 47.0 Å². The molecule has 0 atom stereocenters. The molecule has 0 aliphatic heterocycles. The lowest BCUT2D eigenvalue weighted by molar-refractivity contribution is 0.670. The maximum atomic E-state index is 9.53. The summed E-state index contributed by atoms with van der Waals surface area (Å²) >= 11 is 0. The third-order valence-electron chi connectivity index (χ3n) is 9.97. The lowest BCUT2D eigenvalue weighted by Gasteiger charge is -2.16. The van der Waals surface area contributed by atoms with Gasteiger partial charge in [0, 0.05) is 43.8 Å². The number of para-hydroxylation sites is 3. The molecule has 0 aliphatic rings. The van der Waals surface area contributed by atoms with Crippen molar-refractivity contribution in [1.82, 2.24) is 19.5 Å². The van der Waals surface area contributed by atoms with Crippen molar-refractivity contribution in [3.8, 4) is 62.1 Å². The topological polar surface area (TPSA) is 56.7 Å². The molecule has 0 radical (unpaired) electrons. The summed E-state index contributed by atoms with van der Waals surface area (Å²) in [5.41, 5.74) is 4.76. The van der Waals surface area contributed by atoms with Crippen LogP contribution in [-0.4, -0.2) is 19.5 Å². The van der Waals surface area contributed by atoms with Gasteiger partial charge in [-0.15, -0.1) is 0 Å². The van der Waals surface area contributed by atoms with Gasteiger partial charge in [-0.1, -0.05) is 164 Å². The number of hydrogen-bond acceptors (Lipinski definition) is 4. The highest BCUT2D eigenvalue weighted by Gasteiger charge is 2.22. The number of rotatable bonds is 6. The van der Waals surface area contributed by atoms with Crippen molar-refractivity contribution in [1.29, 1.82) is 0 Å². The molecule has 8 aromatic carbocycles. The minimum Gasteiger partial charge on any atom is -0.455 e. The van der Waals surface area contributed by atoms with E-state index >= 15 is 0 Å². The fraction of sp³-hybridized carbons (Fsp3) is 0. The van der Waals surface area contributed by atoms with Crippen LogP contribution in [0.3, 0.4) is 0 Å². The van der Waals surface area contributed by atoms with Crippen LogP contribution in [-0.2, 0) is 0 Å². The molecule has 262 valence electrons. The lowest BCUT2D eigenvalue weighted by atomic mass is 9.98. The van der Waals surface area contributed by atoms with Crippen LogP contribution in [0.4, 0.5) is 0 Å². The van der Waals surface area contributed by atoms with Gasteiger partial charge < -0.3 is 8.98 Å². The molecule has 0 amide bonds. The average molecular weight is 727 g/mol. The molecule has 0 bridgehead atoms. The summed E-state index contributed by atoms with van der Waals surface area (Å²) in [6, 6.07) is 36.2. The highest BCUT2D eigenvalue weighted by Crippen LogP contribution is 2.43. The Balaban J connectivity index is 1.31. The Morgan fingerprint density at radius 2 is 1.12 bits per heavy atom. The summed E-state index contributed by atoms with van der Waals surface area (Å²) < 4.78 is 97.8. The van der Waals surface area contributed by atoms with Crippen molar-refractivity contribution in [2.45, 2.75) is 0 Å². The van der Waals surface area contributed by atoms with Gasteiger partial charge >= 0.3 is 0 Å². The molecule has 3 aromatic heterocycles. The van der Waals surface area contributed by atoms with Crippen molar-refractivity contribution < 1.29 is 18.1 Å². The molecule has 0 spiro atoms. The van der Waals surface area contributed by atoms with E-state index in [1.165, 1.54) is 12.1 Å². The number of fused-ring (bicyclic) bond motifs is 6. The fourth-order valence-electron chi connectivity index (χ4n) is 7.47. The first-order chi connectivity index (χ1) is 31.9. The predicted molar refractivity (Wildman–Crippen MR) is 229 cm³/mol. The molecule has 11 rings (SSSR count). The van der Waals surface area contributed by atoms with E-state index < -0.39 is 30.2 Å². The van der Waals surface area contributed by atoms with Gasteiger partial charge in [-0.3, -0.25) is 0 Å². The fourth-order valence-corrected chi connectivity index (χ4v) is 7.47. The van der Waals surface area contributed by atoms with Crippen LogP contribution in [0.1, 0.15) is 13.7 Å². The summed E-state index contributed by atoms with van der Waals surface area (Å²) in [6.45, 7) is 0. The Hall–Kier alpha value is -7.63. The Kier molecular flexibility index (Phi) is 5.41. The van der Waals surface area contributed by atoms with Crippen molar-refractivity contribution in [2.75, 3.05) is 0 Å². The zero-order chi connectivity index (χ0) is 45.7. The van der Waals surface area contributed by atoms with E-state index in [0.29, 0.717) is 39.6 Å². The van der Waals surface area contributed by atoms with E-state index in [0.717, 1.165) is 27.5 Å². The number of hydrogen-bond donors (Lipinski definition) is 0. The number of nitrogens with zero attached hydrogens (tertiary/aromatic N) is 4. The van der Waals surface area contributed by atoms with Crippen molar-refractivity contribution >= 4 is 43.7 Å². The van der Waals surface area contributed by atoms with Crippen LogP contribution in [0.2, 0.25) is 0 Å². The first kappa shape index (κ1) is 23.2. The zero-order valence-corrected chi connectivity index (χ0v) is 29.4. The summed E-state index contributed by atoms with van der Waals surface area (Å²) in [7, 11) is 0. The van der Waals surface area contributed by atoms with E-state index in [4.69, 9.17) is 27.6 Å². The van der Waals surface area contributed by atoms with Crippen LogP contribution in [0.25, 0.3) is 106 Å². The minimum atomic E-state index is -0.624. The van der Waals surface area contributed by atoms with Gasteiger partial charge in [-0.25, -0.2) is 15.0 Å². The molecule has 56 heavy (non-hydrogen) atoms. The second-order valence-electron chi connectivity index (χ2n) is 13.2. The van der Waals surface area contributed by atoms with Crippen LogP contribution in [0.15, 0.2) is 198 Å². The second kappa shape index (κ2) is 13.0. The predicted octanol–water partition coefficient (Wildman–Crippen LogP) is 13.2. The SMILES string of the molecule is [2H]c1cc([2H])c2c(c1[2H])c1c(-c3c([2H])c([2H])c([2H])c([2H])c3[2H])c([2H])cc([2H])c1n2-c1ccc(-c2cccc3c2oc2ccccc23)cc1-c1nc(-c2ccccc2)nc(-c2ccccc2)n1. The van der Waals surface area contributed by atoms with Crippen molar-refractivity contribution in [3.63, 3.8) is 0 Å². The normalized spacial score (nSPS) is 14.1. The van der Waals surface area contributed by atoms with E-state index in [1.54, 1.807) is 10.6 Å². The third-order valence-corrected chi connectivity index (χ3v) is 9.97. The monoisotopic (exact) mass is 726 g/mol.